The Kier molecular flexibility index (Phi) is 2.24. The Balaban J connectivity index is 2.46. The molecule has 0 radical (unpaired) electrons. The summed E-state index contributed by atoms with van der Waals surface area (Å²) in [5, 5.41) is 3.01. The van der Waals surface area contributed by atoms with Gasteiger partial charge in [0.05, 0.1) is 13.0 Å². The van der Waals surface area contributed by atoms with Crippen molar-refractivity contribution < 1.29 is 9.53 Å². The van der Waals surface area contributed by atoms with Crippen LogP contribution in [-0.2, 0) is 9.53 Å². The highest BCUT2D eigenvalue weighted by atomic mass is 16.5. The number of carbonyl (C=O) groups excluding carboxylic acids is 1. The lowest BCUT2D eigenvalue weighted by molar-refractivity contribution is -0.145. The van der Waals surface area contributed by atoms with Gasteiger partial charge in [0.25, 0.3) is 0 Å². The zero-order valence-electron chi connectivity index (χ0n) is 5.96. The molecular weight excluding hydrogens is 132 g/mol. The van der Waals surface area contributed by atoms with Crippen LogP contribution in [0, 0.1) is 5.92 Å². The van der Waals surface area contributed by atoms with Crippen LogP contribution in [0.15, 0.2) is 0 Å². The van der Waals surface area contributed by atoms with Crippen molar-refractivity contribution in [3.8, 4) is 0 Å². The van der Waals surface area contributed by atoms with Gasteiger partial charge in [-0.3, -0.25) is 4.79 Å². The molecule has 0 bridgehead atoms. The normalized spacial score (nSPS) is 32.2. The van der Waals surface area contributed by atoms with Gasteiger partial charge in [0, 0.05) is 19.1 Å². The Morgan fingerprint density at radius 1 is 1.70 bits per heavy atom. The number of nitrogens with one attached hydrogen (secondary N) is 1. The Bertz CT molecular complexity index is 138. The van der Waals surface area contributed by atoms with Crippen molar-refractivity contribution in [3.63, 3.8) is 0 Å². The predicted molar refractivity (Wildman–Crippen MR) is 36.4 cm³/mol. The van der Waals surface area contributed by atoms with Gasteiger partial charge >= 0.3 is 5.97 Å². The van der Waals surface area contributed by atoms with Crippen molar-refractivity contribution in [1.82, 2.24) is 5.32 Å². The average molecular weight is 144 g/mol. The van der Waals surface area contributed by atoms with E-state index in [1.54, 1.807) is 0 Å². The molecule has 2 atom stereocenters. The Labute approximate surface area is 59.7 Å². The molecule has 3 N–H and O–H groups in total. The third-order valence-corrected chi connectivity index (χ3v) is 1.77. The second kappa shape index (κ2) is 2.98. The highest BCUT2D eigenvalue weighted by Gasteiger charge is 2.30. The minimum absolute atomic E-state index is 0.0764. The van der Waals surface area contributed by atoms with E-state index in [1.165, 1.54) is 7.11 Å². The zero-order valence-corrected chi connectivity index (χ0v) is 5.96. The first kappa shape index (κ1) is 7.50. The summed E-state index contributed by atoms with van der Waals surface area (Å²) in [5.41, 5.74) is 5.59. The van der Waals surface area contributed by atoms with Gasteiger partial charge in [0.1, 0.15) is 0 Å². The average Bonchev–Trinajstić information content (AvgIpc) is 2.34. The summed E-state index contributed by atoms with van der Waals surface area (Å²) in [6.45, 7) is 1.35. The van der Waals surface area contributed by atoms with Crippen LogP contribution in [0.5, 0.6) is 0 Å². The van der Waals surface area contributed by atoms with E-state index in [1.807, 2.05) is 0 Å². The number of hydrogen-bond donors (Lipinski definition) is 2. The van der Waals surface area contributed by atoms with Gasteiger partial charge in [-0.05, 0) is 0 Å². The lowest BCUT2D eigenvalue weighted by atomic mass is 10.1. The Morgan fingerprint density at radius 2 is 2.40 bits per heavy atom. The fraction of sp³-hybridized carbons (Fsp3) is 0.833. The number of hydrogen-bond acceptors (Lipinski definition) is 4. The van der Waals surface area contributed by atoms with Crippen molar-refractivity contribution >= 4 is 5.97 Å². The van der Waals surface area contributed by atoms with Gasteiger partial charge in [-0.15, -0.1) is 0 Å². The first-order valence-electron chi connectivity index (χ1n) is 3.30. The van der Waals surface area contributed by atoms with Crippen LogP contribution in [0.25, 0.3) is 0 Å². The molecule has 4 heteroatoms. The van der Waals surface area contributed by atoms with Crippen LogP contribution in [0.1, 0.15) is 0 Å². The molecule has 1 rings (SSSR count). The molecule has 1 saturated heterocycles. The third-order valence-electron chi connectivity index (χ3n) is 1.77. The van der Waals surface area contributed by atoms with Crippen molar-refractivity contribution in [2.75, 3.05) is 20.2 Å². The molecule has 4 nitrogen and oxygen atoms in total. The van der Waals surface area contributed by atoms with E-state index >= 15 is 0 Å². The number of rotatable bonds is 1. The van der Waals surface area contributed by atoms with Crippen molar-refractivity contribution in [1.29, 1.82) is 0 Å². The molecule has 58 valence electrons. The number of esters is 1. The van der Waals surface area contributed by atoms with E-state index in [0.29, 0.717) is 13.1 Å². The summed E-state index contributed by atoms with van der Waals surface area (Å²) in [7, 11) is 1.38. The number of methoxy groups -OCH3 is 1. The number of carbonyl (C=O) groups is 1. The molecule has 0 aromatic heterocycles. The molecule has 1 aliphatic rings. The van der Waals surface area contributed by atoms with Crippen molar-refractivity contribution in [3.05, 3.63) is 0 Å². The minimum atomic E-state index is -0.211. The maximum absolute atomic E-state index is 10.9. The highest BCUT2D eigenvalue weighted by Crippen LogP contribution is 2.07. The number of ether oxygens (including phenoxy) is 1. The van der Waals surface area contributed by atoms with E-state index in [9.17, 15) is 4.79 Å². The van der Waals surface area contributed by atoms with E-state index in [2.05, 4.69) is 10.1 Å². The summed E-state index contributed by atoms with van der Waals surface area (Å²) < 4.78 is 4.55. The summed E-state index contributed by atoms with van der Waals surface area (Å²) >= 11 is 0. The molecule has 0 aliphatic carbocycles. The lowest BCUT2D eigenvalue weighted by Gasteiger charge is -2.09. The molecule has 0 aromatic rings. The van der Waals surface area contributed by atoms with Gasteiger partial charge in [0.2, 0.25) is 0 Å². The van der Waals surface area contributed by atoms with Crippen molar-refractivity contribution in [2.45, 2.75) is 6.04 Å². The molecular formula is C6H12N2O2. The zero-order chi connectivity index (χ0) is 7.56. The van der Waals surface area contributed by atoms with Gasteiger partial charge in [-0.1, -0.05) is 0 Å². The van der Waals surface area contributed by atoms with Crippen LogP contribution in [0.4, 0.5) is 0 Å². The van der Waals surface area contributed by atoms with Gasteiger partial charge in [-0.2, -0.15) is 0 Å². The molecule has 0 amide bonds. The van der Waals surface area contributed by atoms with Crippen LogP contribution in [-0.4, -0.2) is 32.2 Å². The van der Waals surface area contributed by atoms with E-state index in [4.69, 9.17) is 5.73 Å². The topological polar surface area (TPSA) is 64.3 Å². The van der Waals surface area contributed by atoms with Gasteiger partial charge < -0.3 is 15.8 Å². The molecule has 0 spiro atoms. The minimum Gasteiger partial charge on any atom is -0.469 e. The largest absolute Gasteiger partial charge is 0.469 e. The predicted octanol–water partition coefficient (Wildman–Crippen LogP) is -1.29. The van der Waals surface area contributed by atoms with Crippen LogP contribution < -0.4 is 11.1 Å². The number of nitrogens with two attached hydrogens (primary N) is 1. The molecule has 10 heavy (non-hydrogen) atoms. The maximum atomic E-state index is 10.9. The first-order chi connectivity index (χ1) is 4.75. The van der Waals surface area contributed by atoms with Crippen molar-refractivity contribution in [2.24, 2.45) is 11.7 Å². The van der Waals surface area contributed by atoms with Crippen LogP contribution >= 0.6 is 0 Å². The van der Waals surface area contributed by atoms with E-state index < -0.39 is 0 Å². The van der Waals surface area contributed by atoms with Gasteiger partial charge in [0.15, 0.2) is 0 Å². The SMILES string of the molecule is COC(=O)[C@H]1CNC[C@H]1N. The van der Waals surface area contributed by atoms with Gasteiger partial charge in [-0.25, -0.2) is 0 Å². The monoisotopic (exact) mass is 144 g/mol. The summed E-state index contributed by atoms with van der Waals surface area (Å²) in [5.74, 6) is -0.359. The summed E-state index contributed by atoms with van der Waals surface area (Å²) in [6.07, 6.45) is 0. The summed E-state index contributed by atoms with van der Waals surface area (Å²) in [4.78, 5) is 10.9. The van der Waals surface area contributed by atoms with Crippen LogP contribution in [0.3, 0.4) is 0 Å². The smallest absolute Gasteiger partial charge is 0.311 e. The summed E-state index contributed by atoms with van der Waals surface area (Å²) in [6, 6.07) is -0.0764. The fourth-order valence-electron chi connectivity index (χ4n) is 1.11. The quantitative estimate of drug-likeness (QED) is 0.449. The Morgan fingerprint density at radius 3 is 2.80 bits per heavy atom. The Hall–Kier alpha value is -0.610. The maximum Gasteiger partial charge on any atom is 0.311 e. The fourth-order valence-corrected chi connectivity index (χ4v) is 1.11. The molecule has 1 aliphatic heterocycles. The standard InChI is InChI=1S/C6H12N2O2/c1-10-6(9)4-2-8-3-5(4)7/h4-5,8H,2-3,7H2,1H3/t4-,5+/m0/s1. The molecule has 0 saturated carbocycles. The van der Waals surface area contributed by atoms with E-state index in [-0.39, 0.29) is 17.9 Å². The van der Waals surface area contributed by atoms with E-state index in [0.717, 1.165) is 0 Å². The first-order valence-corrected chi connectivity index (χ1v) is 3.30. The third kappa shape index (κ3) is 1.27. The molecule has 0 aromatic carbocycles. The lowest BCUT2D eigenvalue weighted by Crippen LogP contribution is -2.34. The molecule has 1 fully saturated rings. The second-order valence-electron chi connectivity index (χ2n) is 2.45. The molecule has 1 heterocycles. The van der Waals surface area contributed by atoms with Crippen LogP contribution in [0.2, 0.25) is 0 Å². The highest BCUT2D eigenvalue weighted by molar-refractivity contribution is 5.73. The molecule has 0 unspecified atom stereocenters. The second-order valence-corrected chi connectivity index (χ2v) is 2.45.